The van der Waals surface area contributed by atoms with E-state index in [4.69, 9.17) is 5.73 Å². The van der Waals surface area contributed by atoms with Crippen LogP contribution >= 0.6 is 0 Å². The summed E-state index contributed by atoms with van der Waals surface area (Å²) in [5, 5.41) is 18.1. The van der Waals surface area contributed by atoms with Gasteiger partial charge < -0.3 is 11.1 Å². The van der Waals surface area contributed by atoms with Crippen LogP contribution < -0.4 is 11.1 Å². The standard InChI is InChI=1S/C12H13N5O3/c1-2-14-8-4-3-5-10(11(8)17(19)20)16-7-6-9(15-16)12(13)18/h3-7,14H,2H2,1H3,(H2,13,18). The first kappa shape index (κ1) is 13.5. The van der Waals surface area contributed by atoms with Gasteiger partial charge in [0.1, 0.15) is 17.1 Å². The Kier molecular flexibility index (Phi) is 3.65. The van der Waals surface area contributed by atoms with E-state index in [0.29, 0.717) is 12.2 Å². The van der Waals surface area contributed by atoms with E-state index in [1.807, 2.05) is 6.92 Å². The highest BCUT2D eigenvalue weighted by molar-refractivity contribution is 5.90. The van der Waals surface area contributed by atoms with Crippen LogP contribution in [0.15, 0.2) is 30.5 Å². The maximum Gasteiger partial charge on any atom is 0.317 e. The number of hydrogen-bond acceptors (Lipinski definition) is 5. The van der Waals surface area contributed by atoms with Crippen molar-refractivity contribution in [3.05, 3.63) is 46.3 Å². The van der Waals surface area contributed by atoms with E-state index in [-0.39, 0.29) is 17.1 Å². The number of nitro groups is 1. The Labute approximate surface area is 114 Å². The van der Waals surface area contributed by atoms with Crippen molar-refractivity contribution in [2.75, 3.05) is 11.9 Å². The van der Waals surface area contributed by atoms with Gasteiger partial charge >= 0.3 is 5.69 Å². The molecule has 0 atom stereocenters. The molecule has 1 heterocycles. The van der Waals surface area contributed by atoms with Gasteiger partial charge in [0, 0.05) is 12.7 Å². The van der Waals surface area contributed by atoms with Crippen LogP contribution in [-0.2, 0) is 0 Å². The number of primary amides is 1. The number of hydrogen-bond donors (Lipinski definition) is 2. The molecule has 0 fully saturated rings. The number of carbonyl (C=O) groups excluding carboxylic acids is 1. The molecule has 20 heavy (non-hydrogen) atoms. The molecule has 0 saturated carbocycles. The van der Waals surface area contributed by atoms with Gasteiger partial charge in [-0.2, -0.15) is 5.10 Å². The molecule has 8 nitrogen and oxygen atoms in total. The molecular formula is C12H13N5O3. The summed E-state index contributed by atoms with van der Waals surface area (Å²) in [6.45, 7) is 2.39. The smallest absolute Gasteiger partial charge is 0.317 e. The molecule has 0 aliphatic heterocycles. The lowest BCUT2D eigenvalue weighted by Crippen LogP contribution is -2.12. The average molecular weight is 275 g/mol. The summed E-state index contributed by atoms with van der Waals surface area (Å²) in [6.07, 6.45) is 1.46. The number of nitro benzene ring substituents is 1. The van der Waals surface area contributed by atoms with Gasteiger partial charge in [0.25, 0.3) is 5.91 Å². The summed E-state index contributed by atoms with van der Waals surface area (Å²) in [6, 6.07) is 6.25. The number of aromatic nitrogens is 2. The van der Waals surface area contributed by atoms with Gasteiger partial charge in [0.15, 0.2) is 0 Å². The summed E-state index contributed by atoms with van der Waals surface area (Å²) in [5.41, 5.74) is 5.72. The third kappa shape index (κ3) is 2.44. The van der Waals surface area contributed by atoms with Gasteiger partial charge in [0.05, 0.1) is 4.92 Å². The van der Waals surface area contributed by atoms with Gasteiger partial charge in [-0.1, -0.05) is 6.07 Å². The van der Waals surface area contributed by atoms with Crippen molar-refractivity contribution >= 4 is 17.3 Å². The highest BCUT2D eigenvalue weighted by atomic mass is 16.6. The normalized spacial score (nSPS) is 10.2. The van der Waals surface area contributed by atoms with E-state index >= 15 is 0 Å². The molecule has 3 N–H and O–H groups in total. The largest absolute Gasteiger partial charge is 0.380 e. The minimum atomic E-state index is -0.686. The molecule has 8 heteroatoms. The summed E-state index contributed by atoms with van der Waals surface area (Å²) < 4.78 is 1.26. The Balaban J connectivity index is 2.57. The number of benzene rings is 1. The Morgan fingerprint density at radius 1 is 1.50 bits per heavy atom. The van der Waals surface area contributed by atoms with E-state index in [2.05, 4.69) is 10.4 Å². The molecule has 0 radical (unpaired) electrons. The number of amides is 1. The fourth-order valence-corrected chi connectivity index (χ4v) is 1.83. The van der Waals surface area contributed by atoms with Gasteiger partial charge in [-0.25, -0.2) is 4.68 Å². The number of nitrogens with two attached hydrogens (primary N) is 1. The zero-order valence-corrected chi connectivity index (χ0v) is 10.7. The molecule has 1 amide bonds. The second-order valence-corrected chi connectivity index (χ2v) is 3.97. The molecule has 1 aromatic carbocycles. The van der Waals surface area contributed by atoms with Crippen LogP contribution in [0.3, 0.4) is 0 Å². The molecule has 1 aromatic heterocycles. The predicted octanol–water partition coefficient (Wildman–Crippen LogP) is 1.31. The zero-order chi connectivity index (χ0) is 14.7. The zero-order valence-electron chi connectivity index (χ0n) is 10.7. The van der Waals surface area contributed by atoms with Crippen LogP contribution in [0, 0.1) is 10.1 Å². The first-order valence-corrected chi connectivity index (χ1v) is 5.91. The highest BCUT2D eigenvalue weighted by Crippen LogP contribution is 2.31. The summed E-state index contributed by atoms with van der Waals surface area (Å²) in [4.78, 5) is 21.8. The number of nitrogens with one attached hydrogen (secondary N) is 1. The fraction of sp³-hybridized carbons (Fsp3) is 0.167. The molecule has 0 aliphatic carbocycles. The van der Waals surface area contributed by atoms with Gasteiger partial charge in [0.2, 0.25) is 0 Å². The minimum absolute atomic E-state index is 0.0492. The Hall–Kier alpha value is -2.90. The first-order chi connectivity index (χ1) is 9.54. The van der Waals surface area contributed by atoms with Crippen LogP contribution in [0.2, 0.25) is 0 Å². The maximum atomic E-state index is 11.3. The third-order valence-corrected chi connectivity index (χ3v) is 2.65. The van der Waals surface area contributed by atoms with E-state index in [9.17, 15) is 14.9 Å². The van der Waals surface area contributed by atoms with Crippen molar-refractivity contribution in [3.8, 4) is 5.69 Å². The third-order valence-electron chi connectivity index (χ3n) is 2.65. The lowest BCUT2D eigenvalue weighted by atomic mass is 10.2. The molecule has 2 aromatic rings. The van der Waals surface area contributed by atoms with Gasteiger partial charge in [-0.3, -0.25) is 14.9 Å². The van der Waals surface area contributed by atoms with Crippen LogP contribution in [0.5, 0.6) is 0 Å². The maximum absolute atomic E-state index is 11.3. The SMILES string of the molecule is CCNc1cccc(-n2ccc(C(N)=O)n2)c1[N+](=O)[O-]. The molecular weight excluding hydrogens is 262 g/mol. The Bertz CT molecular complexity index is 665. The van der Waals surface area contributed by atoms with Crippen LogP contribution in [0.4, 0.5) is 11.4 Å². The van der Waals surface area contributed by atoms with Crippen molar-refractivity contribution in [1.29, 1.82) is 0 Å². The van der Waals surface area contributed by atoms with Crippen LogP contribution in [0.1, 0.15) is 17.4 Å². The van der Waals surface area contributed by atoms with Crippen molar-refractivity contribution in [3.63, 3.8) is 0 Å². The number of anilines is 1. The monoisotopic (exact) mass is 275 g/mol. The lowest BCUT2D eigenvalue weighted by molar-refractivity contribution is -0.383. The number of para-hydroxylation sites is 1. The second kappa shape index (κ2) is 5.39. The minimum Gasteiger partial charge on any atom is -0.380 e. The van der Waals surface area contributed by atoms with E-state index in [1.54, 1.807) is 18.2 Å². The topological polar surface area (TPSA) is 116 Å². The number of nitrogens with zero attached hydrogens (tertiary/aromatic N) is 3. The first-order valence-electron chi connectivity index (χ1n) is 5.91. The van der Waals surface area contributed by atoms with Crippen molar-refractivity contribution in [2.45, 2.75) is 6.92 Å². The average Bonchev–Trinajstić information content (AvgIpc) is 2.88. The van der Waals surface area contributed by atoms with E-state index in [0.717, 1.165) is 0 Å². The summed E-state index contributed by atoms with van der Waals surface area (Å²) >= 11 is 0. The highest BCUT2D eigenvalue weighted by Gasteiger charge is 2.21. The van der Waals surface area contributed by atoms with E-state index in [1.165, 1.54) is 16.9 Å². The summed E-state index contributed by atoms with van der Waals surface area (Å²) in [5.74, 6) is -0.686. The molecule has 0 saturated heterocycles. The second-order valence-electron chi connectivity index (χ2n) is 3.97. The molecule has 0 bridgehead atoms. The van der Waals surface area contributed by atoms with Crippen LogP contribution in [-0.4, -0.2) is 27.2 Å². The molecule has 2 rings (SSSR count). The quantitative estimate of drug-likeness (QED) is 0.630. The summed E-state index contributed by atoms with van der Waals surface area (Å²) in [7, 11) is 0. The fourth-order valence-electron chi connectivity index (χ4n) is 1.83. The molecule has 0 aliphatic rings. The predicted molar refractivity (Wildman–Crippen MR) is 72.9 cm³/mol. The van der Waals surface area contributed by atoms with Gasteiger partial charge in [-0.15, -0.1) is 0 Å². The number of carbonyl (C=O) groups is 1. The van der Waals surface area contributed by atoms with Gasteiger partial charge in [-0.05, 0) is 25.1 Å². The molecule has 0 unspecified atom stereocenters. The van der Waals surface area contributed by atoms with E-state index < -0.39 is 10.8 Å². The van der Waals surface area contributed by atoms with Crippen molar-refractivity contribution in [2.24, 2.45) is 5.73 Å². The Morgan fingerprint density at radius 3 is 2.80 bits per heavy atom. The van der Waals surface area contributed by atoms with Crippen LogP contribution in [0.25, 0.3) is 5.69 Å². The molecule has 0 spiro atoms. The van der Waals surface area contributed by atoms with Crippen molar-refractivity contribution < 1.29 is 9.72 Å². The lowest BCUT2D eigenvalue weighted by Gasteiger charge is -2.08. The van der Waals surface area contributed by atoms with Crippen molar-refractivity contribution in [1.82, 2.24) is 9.78 Å². The molecule has 104 valence electrons. The number of rotatable bonds is 5. The Morgan fingerprint density at radius 2 is 2.25 bits per heavy atom.